The number of carbonyl (C=O) groups is 3. The molecule has 1 fully saturated rings. The van der Waals surface area contributed by atoms with Gasteiger partial charge < -0.3 is 10.6 Å². The molecule has 1 aromatic rings. The Bertz CT molecular complexity index is 602. The van der Waals surface area contributed by atoms with Gasteiger partial charge in [-0.05, 0) is 63.3 Å². The average molecular weight is 344 g/mol. The third-order valence-electron chi connectivity index (χ3n) is 4.86. The molecule has 0 heterocycles. The van der Waals surface area contributed by atoms with Crippen LogP contribution < -0.4 is 10.6 Å². The molecule has 0 spiro atoms. The molecular weight excluding hydrogens is 316 g/mol. The Morgan fingerprint density at radius 1 is 0.960 bits per heavy atom. The quantitative estimate of drug-likeness (QED) is 0.587. The molecule has 25 heavy (non-hydrogen) atoms. The van der Waals surface area contributed by atoms with Crippen molar-refractivity contribution < 1.29 is 14.4 Å². The minimum atomic E-state index is -0.0489. The zero-order valence-corrected chi connectivity index (χ0v) is 15.1. The van der Waals surface area contributed by atoms with E-state index in [1.54, 1.807) is 24.3 Å². The third-order valence-corrected chi connectivity index (χ3v) is 4.86. The van der Waals surface area contributed by atoms with Gasteiger partial charge in [0.1, 0.15) is 0 Å². The SMILES string of the molecule is CCCCNC(=O)C1CCC(C(=O)Nc2ccc(C(C)=O)cc2)CC1. The summed E-state index contributed by atoms with van der Waals surface area (Å²) in [5.74, 6) is 0.129. The van der Waals surface area contributed by atoms with Gasteiger partial charge >= 0.3 is 0 Å². The van der Waals surface area contributed by atoms with Crippen LogP contribution in [0.2, 0.25) is 0 Å². The number of unbranched alkanes of at least 4 members (excludes halogenated alkanes) is 1. The lowest BCUT2D eigenvalue weighted by Crippen LogP contribution is -2.35. The summed E-state index contributed by atoms with van der Waals surface area (Å²) >= 11 is 0. The van der Waals surface area contributed by atoms with Crippen LogP contribution in [0.3, 0.4) is 0 Å². The molecule has 1 saturated carbocycles. The van der Waals surface area contributed by atoms with E-state index in [0.717, 1.165) is 45.1 Å². The summed E-state index contributed by atoms with van der Waals surface area (Å²) in [6.45, 7) is 4.36. The molecule has 0 aromatic heterocycles. The lowest BCUT2D eigenvalue weighted by molar-refractivity contribution is -0.128. The number of carbonyl (C=O) groups excluding carboxylic acids is 3. The van der Waals surface area contributed by atoms with Gasteiger partial charge in [-0.3, -0.25) is 14.4 Å². The molecule has 0 bridgehead atoms. The zero-order chi connectivity index (χ0) is 18.2. The fraction of sp³-hybridized carbons (Fsp3) is 0.550. The predicted molar refractivity (Wildman–Crippen MR) is 98.4 cm³/mol. The van der Waals surface area contributed by atoms with Crippen LogP contribution in [0.15, 0.2) is 24.3 Å². The highest BCUT2D eigenvalue weighted by atomic mass is 16.2. The number of hydrogen-bond donors (Lipinski definition) is 2. The maximum atomic E-state index is 12.4. The predicted octanol–water partition coefficient (Wildman–Crippen LogP) is 3.55. The van der Waals surface area contributed by atoms with Crippen LogP contribution in [-0.4, -0.2) is 24.1 Å². The third kappa shape index (κ3) is 5.69. The van der Waals surface area contributed by atoms with Crippen LogP contribution in [-0.2, 0) is 9.59 Å². The minimum absolute atomic E-state index is 0.000385. The van der Waals surface area contributed by atoms with Gasteiger partial charge in [0.25, 0.3) is 0 Å². The summed E-state index contributed by atoms with van der Waals surface area (Å²) in [5.41, 5.74) is 1.34. The van der Waals surface area contributed by atoms with E-state index >= 15 is 0 Å². The van der Waals surface area contributed by atoms with Crippen LogP contribution in [0, 0.1) is 11.8 Å². The molecule has 0 saturated heterocycles. The molecule has 5 nitrogen and oxygen atoms in total. The standard InChI is InChI=1S/C20H28N2O3/c1-3-4-13-21-19(24)16-5-7-17(8-6-16)20(25)22-18-11-9-15(10-12-18)14(2)23/h9-12,16-17H,3-8,13H2,1-2H3,(H,21,24)(H,22,25). The maximum absolute atomic E-state index is 12.4. The van der Waals surface area contributed by atoms with Gasteiger partial charge in [-0.15, -0.1) is 0 Å². The largest absolute Gasteiger partial charge is 0.356 e. The van der Waals surface area contributed by atoms with Crippen molar-refractivity contribution in [1.82, 2.24) is 5.32 Å². The molecule has 2 rings (SSSR count). The van der Waals surface area contributed by atoms with Crippen molar-refractivity contribution in [2.75, 3.05) is 11.9 Å². The maximum Gasteiger partial charge on any atom is 0.227 e. The van der Waals surface area contributed by atoms with Gasteiger partial charge in [0.05, 0.1) is 0 Å². The van der Waals surface area contributed by atoms with E-state index in [1.807, 2.05) is 0 Å². The Hall–Kier alpha value is -2.17. The molecule has 2 N–H and O–H groups in total. The van der Waals surface area contributed by atoms with Crippen LogP contribution >= 0.6 is 0 Å². The first-order chi connectivity index (χ1) is 12.0. The number of rotatable bonds is 7. The number of amides is 2. The van der Waals surface area contributed by atoms with Crippen molar-refractivity contribution in [2.24, 2.45) is 11.8 Å². The van der Waals surface area contributed by atoms with E-state index in [4.69, 9.17) is 0 Å². The van der Waals surface area contributed by atoms with Gasteiger partial charge in [-0.25, -0.2) is 0 Å². The van der Waals surface area contributed by atoms with E-state index in [2.05, 4.69) is 17.6 Å². The van der Waals surface area contributed by atoms with Gasteiger partial charge in [-0.1, -0.05) is 13.3 Å². The Morgan fingerprint density at radius 2 is 1.52 bits per heavy atom. The smallest absolute Gasteiger partial charge is 0.227 e. The number of ketones is 1. The van der Waals surface area contributed by atoms with Crippen LogP contribution in [0.25, 0.3) is 0 Å². The second kappa shape index (κ2) is 9.35. The Labute approximate surface area is 149 Å². The minimum Gasteiger partial charge on any atom is -0.356 e. The number of nitrogens with one attached hydrogen (secondary N) is 2. The zero-order valence-electron chi connectivity index (χ0n) is 15.1. The molecular formula is C20H28N2O3. The van der Waals surface area contributed by atoms with Gasteiger partial charge in [-0.2, -0.15) is 0 Å². The van der Waals surface area contributed by atoms with Crippen LogP contribution in [0.4, 0.5) is 5.69 Å². The molecule has 136 valence electrons. The Morgan fingerprint density at radius 3 is 2.04 bits per heavy atom. The molecule has 1 aromatic carbocycles. The summed E-state index contributed by atoms with van der Waals surface area (Å²) < 4.78 is 0. The normalized spacial score (nSPS) is 19.9. The van der Waals surface area contributed by atoms with E-state index in [-0.39, 0.29) is 29.4 Å². The lowest BCUT2D eigenvalue weighted by Gasteiger charge is -2.27. The molecule has 1 aliphatic rings. The van der Waals surface area contributed by atoms with Crippen LogP contribution in [0.1, 0.15) is 62.7 Å². The van der Waals surface area contributed by atoms with E-state index in [9.17, 15) is 14.4 Å². The highest BCUT2D eigenvalue weighted by Gasteiger charge is 2.29. The highest BCUT2D eigenvalue weighted by molar-refractivity contribution is 5.96. The lowest BCUT2D eigenvalue weighted by atomic mass is 9.81. The summed E-state index contributed by atoms with van der Waals surface area (Å²) in [6.07, 6.45) is 5.08. The number of anilines is 1. The second-order valence-electron chi connectivity index (χ2n) is 6.82. The van der Waals surface area contributed by atoms with E-state index in [0.29, 0.717) is 11.3 Å². The molecule has 0 atom stereocenters. The van der Waals surface area contributed by atoms with Gasteiger partial charge in [0.2, 0.25) is 11.8 Å². The van der Waals surface area contributed by atoms with Gasteiger partial charge in [0, 0.05) is 29.6 Å². The highest BCUT2D eigenvalue weighted by Crippen LogP contribution is 2.30. The molecule has 2 amide bonds. The van der Waals surface area contributed by atoms with E-state index in [1.165, 1.54) is 6.92 Å². The number of hydrogen-bond acceptors (Lipinski definition) is 3. The fourth-order valence-corrected chi connectivity index (χ4v) is 3.18. The number of Topliss-reactive ketones (excluding diaryl/α,β-unsaturated/α-hetero) is 1. The first-order valence-electron chi connectivity index (χ1n) is 9.20. The average Bonchev–Trinajstić information content (AvgIpc) is 2.62. The Kier molecular flexibility index (Phi) is 7.16. The van der Waals surface area contributed by atoms with Crippen molar-refractivity contribution in [2.45, 2.75) is 52.4 Å². The van der Waals surface area contributed by atoms with Crippen molar-refractivity contribution in [3.8, 4) is 0 Å². The summed E-state index contributed by atoms with van der Waals surface area (Å²) in [6, 6.07) is 6.94. The first-order valence-corrected chi connectivity index (χ1v) is 9.20. The van der Waals surface area contributed by atoms with Crippen molar-refractivity contribution in [1.29, 1.82) is 0 Å². The van der Waals surface area contributed by atoms with E-state index < -0.39 is 0 Å². The fourth-order valence-electron chi connectivity index (χ4n) is 3.18. The molecule has 0 aliphatic heterocycles. The number of benzene rings is 1. The monoisotopic (exact) mass is 344 g/mol. The summed E-state index contributed by atoms with van der Waals surface area (Å²) in [4.78, 5) is 35.8. The molecule has 1 aliphatic carbocycles. The molecule has 0 radical (unpaired) electrons. The van der Waals surface area contributed by atoms with Crippen LogP contribution in [0.5, 0.6) is 0 Å². The second-order valence-corrected chi connectivity index (χ2v) is 6.82. The first kappa shape index (κ1) is 19.2. The summed E-state index contributed by atoms with van der Waals surface area (Å²) in [7, 11) is 0. The van der Waals surface area contributed by atoms with Crippen molar-refractivity contribution in [3.63, 3.8) is 0 Å². The molecule has 5 heteroatoms. The van der Waals surface area contributed by atoms with Crippen molar-refractivity contribution in [3.05, 3.63) is 29.8 Å². The topological polar surface area (TPSA) is 75.3 Å². The van der Waals surface area contributed by atoms with Crippen molar-refractivity contribution >= 4 is 23.3 Å². The van der Waals surface area contributed by atoms with Gasteiger partial charge in [0.15, 0.2) is 5.78 Å². The summed E-state index contributed by atoms with van der Waals surface area (Å²) in [5, 5.41) is 5.90. The Balaban J connectivity index is 1.79. The molecule has 0 unspecified atom stereocenters.